The molecule has 1 heterocycles. The van der Waals surface area contributed by atoms with Gasteiger partial charge >= 0.3 is 5.82 Å². The Labute approximate surface area is 81.9 Å². The minimum Gasteiger partial charge on any atom is -0.358 e. The molecule has 0 unspecified atom stereocenters. The maximum atomic E-state index is 10.6. The summed E-state index contributed by atoms with van der Waals surface area (Å²) in [5, 5.41) is 14.6. The van der Waals surface area contributed by atoms with Gasteiger partial charge in [0.1, 0.15) is 0 Å². The van der Waals surface area contributed by atoms with Crippen molar-refractivity contribution in [3.8, 4) is 0 Å². The van der Waals surface area contributed by atoms with Crippen molar-refractivity contribution < 1.29 is 4.92 Å². The zero-order valence-corrected chi connectivity index (χ0v) is 8.14. The van der Waals surface area contributed by atoms with E-state index in [1.807, 2.05) is 0 Å². The third kappa shape index (κ3) is 1.49. The Morgan fingerprint density at radius 1 is 1.57 bits per heavy atom. The van der Waals surface area contributed by atoms with Crippen LogP contribution in [-0.2, 0) is 0 Å². The molecule has 0 bridgehead atoms. The zero-order valence-electron chi connectivity index (χ0n) is 8.14. The van der Waals surface area contributed by atoms with Gasteiger partial charge in [-0.25, -0.2) is 0 Å². The molecule has 0 aromatic carbocycles. The molecule has 2 rings (SSSR count). The molecule has 0 amide bonds. The third-order valence-corrected chi connectivity index (χ3v) is 2.76. The van der Waals surface area contributed by atoms with Crippen LogP contribution in [0.3, 0.4) is 0 Å². The standard InChI is InChI=1S/C9H13N3O2/c1-7-6-11(8-4-2-3-5-8)10-9(7)12(13)14/h6,8H,2-5H2,1H3. The summed E-state index contributed by atoms with van der Waals surface area (Å²) in [6.45, 7) is 1.73. The molecule has 1 fully saturated rings. The zero-order chi connectivity index (χ0) is 10.1. The summed E-state index contributed by atoms with van der Waals surface area (Å²) in [6.07, 6.45) is 6.39. The highest BCUT2D eigenvalue weighted by atomic mass is 16.6. The van der Waals surface area contributed by atoms with Crippen LogP contribution >= 0.6 is 0 Å². The molecule has 0 radical (unpaired) electrons. The predicted molar refractivity (Wildman–Crippen MR) is 51.1 cm³/mol. The molecule has 1 saturated carbocycles. The van der Waals surface area contributed by atoms with Gasteiger partial charge < -0.3 is 10.1 Å². The highest BCUT2D eigenvalue weighted by Gasteiger charge is 2.24. The number of hydrogen-bond donors (Lipinski definition) is 0. The van der Waals surface area contributed by atoms with E-state index in [4.69, 9.17) is 0 Å². The van der Waals surface area contributed by atoms with E-state index in [1.54, 1.807) is 17.8 Å². The van der Waals surface area contributed by atoms with Gasteiger partial charge in [-0.05, 0) is 24.7 Å². The van der Waals surface area contributed by atoms with Crippen molar-refractivity contribution in [3.05, 3.63) is 21.9 Å². The number of rotatable bonds is 2. The summed E-state index contributed by atoms with van der Waals surface area (Å²) in [7, 11) is 0. The summed E-state index contributed by atoms with van der Waals surface area (Å²) in [4.78, 5) is 10.2. The smallest absolute Gasteiger partial charge is 0.358 e. The second-order valence-electron chi connectivity index (χ2n) is 3.81. The summed E-state index contributed by atoms with van der Waals surface area (Å²) in [6, 6.07) is 0.377. The van der Waals surface area contributed by atoms with E-state index in [2.05, 4.69) is 5.10 Å². The lowest BCUT2D eigenvalue weighted by molar-refractivity contribution is -0.390. The van der Waals surface area contributed by atoms with E-state index in [1.165, 1.54) is 12.8 Å². The van der Waals surface area contributed by atoms with Gasteiger partial charge in [-0.2, -0.15) is 4.68 Å². The minimum absolute atomic E-state index is 0.00287. The number of nitrogens with zero attached hydrogens (tertiary/aromatic N) is 3. The van der Waals surface area contributed by atoms with Crippen molar-refractivity contribution >= 4 is 5.82 Å². The van der Waals surface area contributed by atoms with Gasteiger partial charge in [0, 0.05) is 0 Å². The third-order valence-electron chi connectivity index (χ3n) is 2.76. The fourth-order valence-corrected chi connectivity index (χ4v) is 2.01. The molecule has 1 aliphatic carbocycles. The molecule has 14 heavy (non-hydrogen) atoms. The second-order valence-corrected chi connectivity index (χ2v) is 3.81. The Hall–Kier alpha value is -1.39. The molecule has 1 aromatic rings. The van der Waals surface area contributed by atoms with Gasteiger partial charge in [0.15, 0.2) is 0 Å². The quantitative estimate of drug-likeness (QED) is 0.537. The fourth-order valence-electron chi connectivity index (χ4n) is 2.01. The molecular formula is C9H13N3O2. The first-order chi connectivity index (χ1) is 6.68. The van der Waals surface area contributed by atoms with Crippen LogP contribution in [0.25, 0.3) is 0 Å². The lowest BCUT2D eigenvalue weighted by atomic mass is 10.2. The van der Waals surface area contributed by atoms with Gasteiger partial charge in [0.2, 0.25) is 0 Å². The number of aromatic nitrogens is 2. The Balaban J connectivity index is 2.27. The van der Waals surface area contributed by atoms with E-state index in [9.17, 15) is 10.1 Å². The molecule has 0 N–H and O–H groups in total. The number of aryl methyl sites for hydroxylation is 1. The Morgan fingerprint density at radius 2 is 2.21 bits per heavy atom. The van der Waals surface area contributed by atoms with Gasteiger partial charge in [0.05, 0.1) is 22.9 Å². The molecule has 5 nitrogen and oxygen atoms in total. The Bertz CT molecular complexity index is 353. The predicted octanol–water partition coefficient (Wildman–Crippen LogP) is 2.21. The highest BCUT2D eigenvalue weighted by Crippen LogP contribution is 2.30. The summed E-state index contributed by atoms with van der Waals surface area (Å²) < 4.78 is 1.76. The van der Waals surface area contributed by atoms with Crippen molar-refractivity contribution in [2.45, 2.75) is 38.6 Å². The van der Waals surface area contributed by atoms with Crippen molar-refractivity contribution in [1.82, 2.24) is 9.78 Å². The Morgan fingerprint density at radius 3 is 2.71 bits per heavy atom. The summed E-state index contributed by atoms with van der Waals surface area (Å²) >= 11 is 0. The average molecular weight is 195 g/mol. The number of hydrogen-bond acceptors (Lipinski definition) is 3. The van der Waals surface area contributed by atoms with E-state index in [0.717, 1.165) is 12.8 Å². The lowest BCUT2D eigenvalue weighted by Crippen LogP contribution is -2.05. The fraction of sp³-hybridized carbons (Fsp3) is 0.667. The first-order valence-corrected chi connectivity index (χ1v) is 4.88. The monoisotopic (exact) mass is 195 g/mol. The molecule has 76 valence electrons. The SMILES string of the molecule is Cc1cn(C2CCCC2)nc1[N+](=O)[O-]. The van der Waals surface area contributed by atoms with Crippen LogP contribution in [0.4, 0.5) is 5.82 Å². The molecule has 1 aliphatic rings. The van der Waals surface area contributed by atoms with Crippen LogP contribution in [0.1, 0.15) is 37.3 Å². The molecule has 0 spiro atoms. The van der Waals surface area contributed by atoms with E-state index < -0.39 is 4.92 Å². The van der Waals surface area contributed by atoms with Crippen molar-refractivity contribution in [3.63, 3.8) is 0 Å². The minimum atomic E-state index is -0.416. The van der Waals surface area contributed by atoms with Crippen LogP contribution in [0.5, 0.6) is 0 Å². The normalized spacial score (nSPS) is 17.5. The molecule has 0 aliphatic heterocycles. The highest BCUT2D eigenvalue weighted by molar-refractivity contribution is 5.28. The first-order valence-electron chi connectivity index (χ1n) is 4.88. The lowest BCUT2D eigenvalue weighted by Gasteiger charge is -2.03. The first kappa shape index (κ1) is 9.18. The van der Waals surface area contributed by atoms with Gasteiger partial charge in [-0.15, -0.1) is 0 Å². The molecule has 0 atom stereocenters. The number of nitro groups is 1. The van der Waals surface area contributed by atoms with Gasteiger partial charge in [0.25, 0.3) is 0 Å². The maximum absolute atomic E-state index is 10.6. The van der Waals surface area contributed by atoms with Gasteiger partial charge in [-0.3, -0.25) is 0 Å². The van der Waals surface area contributed by atoms with E-state index in [-0.39, 0.29) is 5.82 Å². The van der Waals surface area contributed by atoms with Crippen LogP contribution < -0.4 is 0 Å². The topological polar surface area (TPSA) is 61.0 Å². The average Bonchev–Trinajstić information content (AvgIpc) is 2.70. The largest absolute Gasteiger partial charge is 0.392 e. The van der Waals surface area contributed by atoms with Crippen LogP contribution in [0, 0.1) is 17.0 Å². The Kier molecular flexibility index (Phi) is 2.23. The second kappa shape index (κ2) is 3.40. The van der Waals surface area contributed by atoms with Crippen LogP contribution in [0.2, 0.25) is 0 Å². The van der Waals surface area contributed by atoms with Crippen molar-refractivity contribution in [1.29, 1.82) is 0 Å². The van der Waals surface area contributed by atoms with Crippen LogP contribution in [-0.4, -0.2) is 14.7 Å². The van der Waals surface area contributed by atoms with Gasteiger partial charge in [-0.1, -0.05) is 12.8 Å². The molecule has 5 heteroatoms. The maximum Gasteiger partial charge on any atom is 0.392 e. The van der Waals surface area contributed by atoms with Crippen molar-refractivity contribution in [2.75, 3.05) is 0 Å². The van der Waals surface area contributed by atoms with E-state index >= 15 is 0 Å². The summed E-state index contributed by atoms with van der Waals surface area (Å²) in [5.74, 6) is -0.00287. The molecular weight excluding hydrogens is 182 g/mol. The summed E-state index contributed by atoms with van der Waals surface area (Å²) in [5.41, 5.74) is 0.655. The molecule has 0 saturated heterocycles. The van der Waals surface area contributed by atoms with E-state index in [0.29, 0.717) is 11.6 Å². The molecule has 1 aromatic heterocycles. The van der Waals surface area contributed by atoms with Crippen molar-refractivity contribution in [2.24, 2.45) is 0 Å². The van der Waals surface area contributed by atoms with Crippen LogP contribution in [0.15, 0.2) is 6.20 Å².